The number of alkyl halides is 2. The first kappa shape index (κ1) is 15.9. The molecule has 20 heavy (non-hydrogen) atoms. The van der Waals surface area contributed by atoms with E-state index in [-0.39, 0.29) is 0 Å². The van der Waals surface area contributed by atoms with E-state index in [4.69, 9.17) is 10.2 Å². The molecule has 0 aliphatic carbocycles. The van der Waals surface area contributed by atoms with E-state index in [1.807, 2.05) is 0 Å². The number of amides is 1. The van der Waals surface area contributed by atoms with E-state index in [1.165, 1.54) is 0 Å². The van der Waals surface area contributed by atoms with Gasteiger partial charge < -0.3 is 15.5 Å². The molecule has 0 spiro atoms. The van der Waals surface area contributed by atoms with Gasteiger partial charge in [0.15, 0.2) is 11.6 Å². The first-order valence-electron chi connectivity index (χ1n) is 5.20. The first-order valence-corrected chi connectivity index (χ1v) is 5.20. The van der Waals surface area contributed by atoms with Gasteiger partial charge in [-0.05, 0) is 12.1 Å². The van der Waals surface area contributed by atoms with Crippen LogP contribution in [0.3, 0.4) is 0 Å². The second kappa shape index (κ2) is 6.33. The average Bonchev–Trinajstić information content (AvgIpc) is 2.37. The molecule has 0 aromatic heterocycles. The number of carbonyl (C=O) groups excluding carboxylic acids is 1. The Kier molecular flexibility index (Phi) is 5.03. The minimum atomic E-state index is -3.11. The van der Waals surface area contributed by atoms with Gasteiger partial charge in [0.05, 0.1) is 11.1 Å². The maximum atomic E-state index is 13.0. The normalized spacial score (nSPS) is 12.3. The molecule has 1 rings (SSSR count). The van der Waals surface area contributed by atoms with Crippen molar-refractivity contribution >= 4 is 11.9 Å². The van der Waals surface area contributed by atoms with Crippen LogP contribution in [0.2, 0.25) is 0 Å². The van der Waals surface area contributed by atoms with Gasteiger partial charge in [0, 0.05) is 6.54 Å². The van der Waals surface area contributed by atoms with Crippen LogP contribution in [0.1, 0.15) is 20.7 Å². The van der Waals surface area contributed by atoms with Gasteiger partial charge in [-0.1, -0.05) is 0 Å². The molecule has 0 radical (unpaired) electrons. The molecule has 0 aliphatic rings. The SMILES string of the molecule is O=C(O)c1cc(F)c(F)cc1C(=O)NCC(O)C(F)F. The Bertz CT molecular complexity index is 535. The second-order valence-electron chi connectivity index (χ2n) is 3.73. The van der Waals surface area contributed by atoms with Gasteiger partial charge in [0.2, 0.25) is 0 Å². The number of benzene rings is 1. The molecule has 110 valence electrons. The van der Waals surface area contributed by atoms with Crippen LogP contribution in [0.4, 0.5) is 17.6 Å². The van der Waals surface area contributed by atoms with E-state index in [0.29, 0.717) is 12.1 Å². The summed E-state index contributed by atoms with van der Waals surface area (Å²) in [7, 11) is 0. The summed E-state index contributed by atoms with van der Waals surface area (Å²) in [5.74, 6) is -5.84. The van der Waals surface area contributed by atoms with E-state index in [1.54, 1.807) is 5.32 Å². The highest BCUT2D eigenvalue weighted by Gasteiger charge is 2.22. The zero-order chi connectivity index (χ0) is 15.4. The molecule has 1 unspecified atom stereocenters. The van der Waals surface area contributed by atoms with Crippen molar-refractivity contribution in [1.29, 1.82) is 0 Å². The number of nitrogens with one attached hydrogen (secondary N) is 1. The number of aliphatic hydroxyl groups is 1. The summed E-state index contributed by atoms with van der Waals surface area (Å²) in [6.07, 6.45) is -5.27. The van der Waals surface area contributed by atoms with E-state index >= 15 is 0 Å². The van der Waals surface area contributed by atoms with Crippen molar-refractivity contribution in [2.24, 2.45) is 0 Å². The summed E-state index contributed by atoms with van der Waals surface area (Å²) in [6.45, 7) is -0.867. The lowest BCUT2D eigenvalue weighted by Gasteiger charge is -2.12. The monoisotopic (exact) mass is 295 g/mol. The van der Waals surface area contributed by atoms with Gasteiger partial charge in [0.1, 0.15) is 6.10 Å². The molecule has 1 amide bonds. The van der Waals surface area contributed by atoms with Crippen molar-refractivity contribution in [3.8, 4) is 0 Å². The van der Waals surface area contributed by atoms with Gasteiger partial charge in [-0.15, -0.1) is 0 Å². The van der Waals surface area contributed by atoms with Crippen LogP contribution in [0, 0.1) is 11.6 Å². The average molecular weight is 295 g/mol. The smallest absolute Gasteiger partial charge is 0.336 e. The summed E-state index contributed by atoms with van der Waals surface area (Å²) < 4.78 is 49.9. The summed E-state index contributed by atoms with van der Waals surface area (Å²) >= 11 is 0. The molecule has 9 heteroatoms. The molecule has 0 aliphatic heterocycles. The Morgan fingerprint density at radius 2 is 1.65 bits per heavy atom. The van der Waals surface area contributed by atoms with Gasteiger partial charge in [-0.2, -0.15) is 0 Å². The predicted octanol–water partition coefficient (Wildman–Crippen LogP) is 1.02. The molecule has 3 N–H and O–H groups in total. The van der Waals surface area contributed by atoms with Gasteiger partial charge in [-0.3, -0.25) is 4.79 Å². The second-order valence-corrected chi connectivity index (χ2v) is 3.73. The maximum Gasteiger partial charge on any atom is 0.336 e. The van der Waals surface area contributed by atoms with Crippen LogP contribution < -0.4 is 5.32 Å². The topological polar surface area (TPSA) is 86.6 Å². The van der Waals surface area contributed by atoms with Crippen LogP contribution in [-0.2, 0) is 0 Å². The lowest BCUT2D eigenvalue weighted by Crippen LogP contribution is -2.36. The molecular weight excluding hydrogens is 286 g/mol. The van der Waals surface area contributed by atoms with Crippen LogP contribution in [0.25, 0.3) is 0 Å². The summed E-state index contributed by atoms with van der Waals surface area (Å²) in [5, 5.41) is 19.3. The molecule has 0 saturated carbocycles. The van der Waals surface area contributed by atoms with Crippen LogP contribution in [0.15, 0.2) is 12.1 Å². The number of halogens is 4. The first-order chi connectivity index (χ1) is 9.23. The van der Waals surface area contributed by atoms with Crippen LogP contribution in [0.5, 0.6) is 0 Å². The fraction of sp³-hybridized carbons (Fsp3) is 0.273. The van der Waals surface area contributed by atoms with Crippen molar-refractivity contribution in [3.05, 3.63) is 34.9 Å². The zero-order valence-corrected chi connectivity index (χ0v) is 9.74. The third-order valence-corrected chi connectivity index (χ3v) is 2.30. The van der Waals surface area contributed by atoms with E-state index in [2.05, 4.69) is 0 Å². The Labute approximate surface area is 109 Å². The molecule has 0 fully saturated rings. The van der Waals surface area contributed by atoms with Crippen molar-refractivity contribution in [2.45, 2.75) is 12.5 Å². The summed E-state index contributed by atoms with van der Waals surface area (Å²) in [5.41, 5.74) is -1.56. The van der Waals surface area contributed by atoms with E-state index in [0.717, 1.165) is 0 Å². The van der Waals surface area contributed by atoms with Gasteiger partial charge in [-0.25, -0.2) is 22.4 Å². The number of carboxylic acid groups (broad SMARTS) is 1. The van der Waals surface area contributed by atoms with Gasteiger partial charge >= 0.3 is 5.97 Å². The van der Waals surface area contributed by atoms with E-state index in [9.17, 15) is 27.2 Å². The Balaban J connectivity index is 2.98. The number of hydrogen-bond acceptors (Lipinski definition) is 3. The maximum absolute atomic E-state index is 13.0. The summed E-state index contributed by atoms with van der Waals surface area (Å²) in [4.78, 5) is 22.3. The predicted molar refractivity (Wildman–Crippen MR) is 57.7 cm³/mol. The van der Waals surface area contributed by atoms with Crippen molar-refractivity contribution < 1.29 is 37.4 Å². The number of aromatic carboxylic acids is 1. The number of carboxylic acids is 1. The van der Waals surface area contributed by atoms with Crippen LogP contribution >= 0.6 is 0 Å². The number of hydrogen-bond donors (Lipinski definition) is 3. The largest absolute Gasteiger partial charge is 0.478 e. The van der Waals surface area contributed by atoms with E-state index < -0.39 is 53.7 Å². The molecule has 1 aromatic carbocycles. The van der Waals surface area contributed by atoms with Crippen molar-refractivity contribution in [3.63, 3.8) is 0 Å². The number of aliphatic hydroxyl groups excluding tert-OH is 1. The molecule has 1 atom stereocenters. The fourth-order valence-electron chi connectivity index (χ4n) is 1.29. The molecule has 0 bridgehead atoms. The molecule has 1 aromatic rings. The Morgan fingerprint density at radius 3 is 2.10 bits per heavy atom. The Hall–Kier alpha value is -2.16. The zero-order valence-electron chi connectivity index (χ0n) is 9.74. The van der Waals surface area contributed by atoms with Crippen molar-refractivity contribution in [2.75, 3.05) is 6.54 Å². The number of rotatable bonds is 5. The summed E-state index contributed by atoms with van der Waals surface area (Å²) in [6, 6.07) is 0.638. The lowest BCUT2D eigenvalue weighted by molar-refractivity contribution is -0.00271. The number of carbonyl (C=O) groups is 2. The Morgan fingerprint density at radius 1 is 1.15 bits per heavy atom. The molecular formula is C11H9F4NO4. The minimum absolute atomic E-state index is 0.302. The lowest BCUT2D eigenvalue weighted by atomic mass is 10.1. The fourth-order valence-corrected chi connectivity index (χ4v) is 1.29. The third kappa shape index (κ3) is 3.67. The highest BCUT2D eigenvalue weighted by Crippen LogP contribution is 2.15. The van der Waals surface area contributed by atoms with Crippen LogP contribution in [-0.4, -0.2) is 41.2 Å². The third-order valence-electron chi connectivity index (χ3n) is 2.30. The minimum Gasteiger partial charge on any atom is -0.478 e. The van der Waals surface area contributed by atoms with Gasteiger partial charge in [0.25, 0.3) is 12.3 Å². The molecule has 5 nitrogen and oxygen atoms in total. The highest BCUT2D eigenvalue weighted by atomic mass is 19.3. The molecule has 0 saturated heterocycles. The highest BCUT2D eigenvalue weighted by molar-refractivity contribution is 6.04. The van der Waals surface area contributed by atoms with Crippen molar-refractivity contribution in [1.82, 2.24) is 5.32 Å². The standard InChI is InChI=1S/C11H9F4NO4/c12-6-1-4(5(11(19)20)2-7(6)13)10(18)16-3-8(17)9(14)15/h1-2,8-9,17H,3H2,(H,16,18)(H,19,20). The quantitative estimate of drug-likeness (QED) is 0.708. The molecule has 0 heterocycles.